The first-order valence-corrected chi connectivity index (χ1v) is 13.5. The molecule has 2 aromatic rings. The number of allylic oxidation sites excluding steroid dienone is 2. The van der Waals surface area contributed by atoms with E-state index in [0.717, 1.165) is 50.7 Å². The van der Waals surface area contributed by atoms with Crippen molar-refractivity contribution in [3.05, 3.63) is 77.4 Å². The first-order valence-electron chi connectivity index (χ1n) is 13.5. The van der Waals surface area contributed by atoms with E-state index in [0.29, 0.717) is 23.7 Å². The summed E-state index contributed by atoms with van der Waals surface area (Å²) in [6.45, 7) is 0.818. The van der Waals surface area contributed by atoms with E-state index in [9.17, 15) is 13.2 Å². The Morgan fingerprint density at radius 3 is 1.64 bits per heavy atom. The number of hydrogen-bond donors (Lipinski definition) is 0. The van der Waals surface area contributed by atoms with Gasteiger partial charge in [-0.3, -0.25) is 0 Å². The Morgan fingerprint density at radius 1 is 0.722 bits per heavy atom. The summed E-state index contributed by atoms with van der Waals surface area (Å²) in [7, 11) is 1.76. The molecule has 2 fully saturated rings. The second-order valence-electron chi connectivity index (χ2n) is 10.6. The van der Waals surface area contributed by atoms with Crippen molar-refractivity contribution in [3.8, 4) is 5.75 Å². The van der Waals surface area contributed by atoms with Crippen LogP contribution in [0.25, 0.3) is 0 Å². The van der Waals surface area contributed by atoms with Crippen molar-refractivity contribution in [2.75, 3.05) is 13.7 Å². The van der Waals surface area contributed by atoms with Crippen LogP contribution in [0.3, 0.4) is 0 Å². The van der Waals surface area contributed by atoms with Crippen LogP contribution in [0.15, 0.2) is 60.7 Å². The number of alkyl halides is 3. The molecule has 0 bridgehead atoms. The van der Waals surface area contributed by atoms with Crippen molar-refractivity contribution in [1.29, 1.82) is 0 Å². The fourth-order valence-electron chi connectivity index (χ4n) is 5.92. The van der Waals surface area contributed by atoms with Crippen LogP contribution in [0.2, 0.25) is 0 Å². The molecule has 0 heterocycles. The molecule has 0 N–H and O–H groups in total. The molecule has 2 nitrogen and oxygen atoms in total. The van der Waals surface area contributed by atoms with E-state index in [1.165, 1.54) is 48.9 Å². The van der Waals surface area contributed by atoms with E-state index < -0.39 is 6.36 Å². The zero-order valence-corrected chi connectivity index (χ0v) is 21.3. The maximum Gasteiger partial charge on any atom is 0.573 e. The molecule has 0 aliphatic heterocycles. The minimum atomic E-state index is -4.64. The third-order valence-electron chi connectivity index (χ3n) is 8.05. The van der Waals surface area contributed by atoms with Crippen molar-refractivity contribution >= 4 is 0 Å². The van der Waals surface area contributed by atoms with Crippen molar-refractivity contribution in [2.24, 2.45) is 11.8 Å². The van der Waals surface area contributed by atoms with Crippen LogP contribution in [-0.2, 0) is 11.2 Å². The highest BCUT2D eigenvalue weighted by atomic mass is 19.4. The van der Waals surface area contributed by atoms with Crippen LogP contribution in [0.1, 0.15) is 86.3 Å². The summed E-state index contributed by atoms with van der Waals surface area (Å²) in [5.41, 5.74) is 4.01. The summed E-state index contributed by atoms with van der Waals surface area (Å²) < 4.78 is 46.2. The second kappa shape index (κ2) is 12.8. The summed E-state index contributed by atoms with van der Waals surface area (Å²) in [5, 5.41) is 0. The van der Waals surface area contributed by atoms with Gasteiger partial charge in [0.05, 0.1) is 0 Å². The van der Waals surface area contributed by atoms with Crippen LogP contribution in [0, 0.1) is 11.8 Å². The first-order chi connectivity index (χ1) is 17.4. The van der Waals surface area contributed by atoms with Crippen molar-refractivity contribution in [2.45, 2.75) is 82.4 Å². The SMILES string of the molecule is COCCCc1ccc(C2CCC(/C=C/C3CCC(c4ccc(OC(F)(F)F)cc4)CC3)CC2)cc1. The summed E-state index contributed by atoms with van der Waals surface area (Å²) >= 11 is 0. The number of rotatable bonds is 9. The topological polar surface area (TPSA) is 18.5 Å². The smallest absolute Gasteiger partial charge is 0.406 e. The summed E-state index contributed by atoms with van der Waals surface area (Å²) in [4.78, 5) is 0. The summed E-state index contributed by atoms with van der Waals surface area (Å²) in [6, 6.07) is 15.7. The minimum absolute atomic E-state index is 0.146. The molecule has 36 heavy (non-hydrogen) atoms. The van der Waals surface area contributed by atoms with Gasteiger partial charge in [0.1, 0.15) is 5.75 Å². The molecule has 0 unspecified atom stereocenters. The molecule has 2 saturated carbocycles. The predicted molar refractivity (Wildman–Crippen MR) is 138 cm³/mol. The largest absolute Gasteiger partial charge is 0.573 e. The Balaban J connectivity index is 1.17. The fourth-order valence-corrected chi connectivity index (χ4v) is 5.92. The third-order valence-corrected chi connectivity index (χ3v) is 8.05. The van der Waals surface area contributed by atoms with Gasteiger partial charge in [-0.15, -0.1) is 13.2 Å². The molecule has 0 radical (unpaired) electrons. The average molecular weight is 501 g/mol. The minimum Gasteiger partial charge on any atom is -0.406 e. The molecule has 0 aromatic heterocycles. The van der Waals surface area contributed by atoms with Gasteiger partial charge < -0.3 is 9.47 Å². The van der Waals surface area contributed by atoms with E-state index in [-0.39, 0.29) is 5.75 Å². The maximum atomic E-state index is 12.4. The highest BCUT2D eigenvalue weighted by Gasteiger charge is 2.31. The lowest BCUT2D eigenvalue weighted by Crippen LogP contribution is -2.17. The highest BCUT2D eigenvalue weighted by molar-refractivity contribution is 5.30. The highest BCUT2D eigenvalue weighted by Crippen LogP contribution is 2.39. The van der Waals surface area contributed by atoms with Crippen LogP contribution < -0.4 is 4.74 Å². The summed E-state index contributed by atoms with van der Waals surface area (Å²) in [5.74, 6) is 2.28. The molecule has 0 saturated heterocycles. The number of aryl methyl sites for hydroxylation is 1. The average Bonchev–Trinajstić information content (AvgIpc) is 2.88. The van der Waals surface area contributed by atoms with Gasteiger partial charge in [-0.05, 0) is 117 Å². The van der Waals surface area contributed by atoms with E-state index in [2.05, 4.69) is 41.2 Å². The van der Waals surface area contributed by atoms with Gasteiger partial charge in [0.2, 0.25) is 0 Å². The lowest BCUT2D eigenvalue weighted by Gasteiger charge is -2.29. The van der Waals surface area contributed by atoms with E-state index in [4.69, 9.17) is 4.74 Å². The van der Waals surface area contributed by atoms with Crippen LogP contribution in [-0.4, -0.2) is 20.1 Å². The van der Waals surface area contributed by atoms with Crippen LogP contribution >= 0.6 is 0 Å². The Morgan fingerprint density at radius 2 is 1.19 bits per heavy atom. The van der Waals surface area contributed by atoms with Gasteiger partial charge in [-0.1, -0.05) is 48.6 Å². The van der Waals surface area contributed by atoms with E-state index >= 15 is 0 Å². The van der Waals surface area contributed by atoms with Gasteiger partial charge in [0, 0.05) is 13.7 Å². The van der Waals surface area contributed by atoms with Gasteiger partial charge in [0.25, 0.3) is 0 Å². The van der Waals surface area contributed by atoms with E-state index in [1.807, 2.05) is 0 Å². The molecular formula is C31H39F3O2. The Labute approximate surface area is 213 Å². The van der Waals surface area contributed by atoms with Crippen molar-refractivity contribution < 1.29 is 22.6 Å². The standard InChI is InChI=1S/C31H39F3O2/c1-35-22-2-3-23-6-12-26(13-7-23)27-14-8-24(9-15-27)4-5-25-10-16-28(17-11-25)29-18-20-30(21-19-29)36-31(32,33)34/h4-7,12-13,18-21,24-25,27-28H,2-3,8-11,14-17,22H2,1H3/b5-4+. The zero-order valence-electron chi connectivity index (χ0n) is 21.3. The Hall–Kier alpha value is -2.27. The lowest BCUT2D eigenvalue weighted by molar-refractivity contribution is -0.274. The van der Waals surface area contributed by atoms with Crippen molar-refractivity contribution in [3.63, 3.8) is 0 Å². The molecular weight excluding hydrogens is 461 g/mol. The molecule has 0 amide bonds. The van der Waals surface area contributed by atoms with E-state index in [1.54, 1.807) is 19.2 Å². The molecule has 2 aliphatic rings. The number of hydrogen-bond acceptors (Lipinski definition) is 2. The van der Waals surface area contributed by atoms with Crippen LogP contribution in [0.5, 0.6) is 5.75 Å². The molecule has 2 aliphatic carbocycles. The Bertz CT molecular complexity index is 933. The Kier molecular flexibility index (Phi) is 9.53. The van der Waals surface area contributed by atoms with Gasteiger partial charge in [-0.2, -0.15) is 0 Å². The third kappa shape index (κ3) is 8.12. The fraction of sp³-hybridized carbons (Fsp3) is 0.548. The van der Waals surface area contributed by atoms with Crippen molar-refractivity contribution in [1.82, 2.24) is 0 Å². The monoisotopic (exact) mass is 500 g/mol. The van der Waals surface area contributed by atoms with Gasteiger partial charge >= 0.3 is 6.36 Å². The zero-order chi connectivity index (χ0) is 25.4. The maximum absolute atomic E-state index is 12.4. The predicted octanol–water partition coefficient (Wildman–Crippen LogP) is 8.97. The number of ether oxygens (including phenoxy) is 2. The first kappa shape index (κ1) is 26.8. The summed E-state index contributed by atoms with van der Waals surface area (Å²) in [6.07, 6.45) is 12.0. The number of halogens is 3. The number of benzene rings is 2. The number of methoxy groups -OCH3 is 1. The normalized spacial score (nSPS) is 25.2. The lowest BCUT2D eigenvalue weighted by atomic mass is 9.76. The second-order valence-corrected chi connectivity index (χ2v) is 10.6. The van der Waals surface area contributed by atoms with Gasteiger partial charge in [-0.25, -0.2) is 0 Å². The molecule has 0 atom stereocenters. The van der Waals surface area contributed by atoms with Crippen LogP contribution in [0.4, 0.5) is 13.2 Å². The quantitative estimate of drug-likeness (QED) is 0.253. The molecule has 4 rings (SSSR count). The van der Waals surface area contributed by atoms with Gasteiger partial charge in [0.15, 0.2) is 0 Å². The molecule has 0 spiro atoms. The molecule has 2 aromatic carbocycles. The molecule has 196 valence electrons. The molecule has 5 heteroatoms.